The highest BCUT2D eigenvalue weighted by molar-refractivity contribution is 6.10. The Labute approximate surface area is 168 Å². The van der Waals surface area contributed by atoms with Crippen molar-refractivity contribution in [3.63, 3.8) is 0 Å². The van der Waals surface area contributed by atoms with Crippen LogP contribution >= 0.6 is 0 Å². The van der Waals surface area contributed by atoms with Gasteiger partial charge in [0.25, 0.3) is 5.91 Å². The summed E-state index contributed by atoms with van der Waals surface area (Å²) in [6, 6.07) is 4.72. The van der Waals surface area contributed by atoms with Crippen molar-refractivity contribution in [3.05, 3.63) is 46.8 Å². The first-order chi connectivity index (χ1) is 13.6. The van der Waals surface area contributed by atoms with Crippen molar-refractivity contribution < 1.29 is 18.0 Å². The van der Waals surface area contributed by atoms with Crippen LogP contribution in [0.2, 0.25) is 0 Å². The van der Waals surface area contributed by atoms with Gasteiger partial charge in [-0.25, -0.2) is 0 Å². The lowest BCUT2D eigenvalue weighted by Crippen LogP contribution is -2.34. The zero-order chi connectivity index (χ0) is 21.0. The van der Waals surface area contributed by atoms with Crippen molar-refractivity contribution in [1.82, 2.24) is 10.2 Å². The summed E-state index contributed by atoms with van der Waals surface area (Å²) in [5.41, 5.74) is 1.84. The van der Waals surface area contributed by atoms with Gasteiger partial charge >= 0.3 is 6.18 Å². The quantitative estimate of drug-likeness (QED) is 0.665. The summed E-state index contributed by atoms with van der Waals surface area (Å²) in [5, 5.41) is 7.40. The predicted octanol–water partition coefficient (Wildman–Crippen LogP) is 6.01. The van der Waals surface area contributed by atoms with Crippen molar-refractivity contribution in [2.45, 2.75) is 70.5 Å². The molecule has 4 rings (SSSR count). The molecule has 4 nitrogen and oxygen atoms in total. The number of anilines is 1. The first kappa shape index (κ1) is 20.0. The van der Waals surface area contributed by atoms with E-state index in [1.54, 1.807) is 4.90 Å². The molecule has 0 saturated heterocycles. The SMILES string of the molecule is CC(C)(C)c1[nH]nc2c1C(C1CCCCC1)N(c1ccc(C(F)(F)F)cc1)C2=O. The van der Waals surface area contributed by atoms with Gasteiger partial charge in [0.2, 0.25) is 0 Å². The number of carbonyl (C=O) groups excluding carboxylic acids is 1. The Morgan fingerprint density at radius 2 is 1.66 bits per heavy atom. The molecule has 1 N–H and O–H groups in total. The molecule has 2 aliphatic rings. The molecule has 2 aromatic rings. The number of aromatic nitrogens is 2. The van der Waals surface area contributed by atoms with E-state index in [4.69, 9.17) is 0 Å². The number of amides is 1. The van der Waals surface area contributed by atoms with Crippen LogP contribution in [0.15, 0.2) is 24.3 Å². The molecule has 1 fully saturated rings. The van der Waals surface area contributed by atoms with Gasteiger partial charge in [0.05, 0.1) is 11.6 Å². The molecule has 1 aromatic heterocycles. The topological polar surface area (TPSA) is 49.0 Å². The summed E-state index contributed by atoms with van der Waals surface area (Å²) in [6.07, 6.45) is 1.000. The van der Waals surface area contributed by atoms with E-state index in [0.29, 0.717) is 11.4 Å². The summed E-state index contributed by atoms with van der Waals surface area (Å²) in [6.45, 7) is 6.22. The van der Waals surface area contributed by atoms with Crippen molar-refractivity contribution in [3.8, 4) is 0 Å². The number of fused-ring (bicyclic) bond motifs is 1. The minimum Gasteiger partial charge on any atom is -0.299 e. The highest BCUT2D eigenvalue weighted by Crippen LogP contribution is 2.49. The second-order valence-electron chi connectivity index (χ2n) is 9.17. The van der Waals surface area contributed by atoms with Crippen LogP contribution in [0, 0.1) is 5.92 Å². The maximum Gasteiger partial charge on any atom is 0.416 e. The summed E-state index contributed by atoms with van der Waals surface area (Å²) in [4.78, 5) is 15.0. The zero-order valence-electron chi connectivity index (χ0n) is 16.9. The minimum absolute atomic E-state index is 0.192. The van der Waals surface area contributed by atoms with Crippen molar-refractivity contribution in [2.24, 2.45) is 5.92 Å². The second-order valence-corrected chi connectivity index (χ2v) is 9.17. The van der Waals surface area contributed by atoms with Gasteiger partial charge < -0.3 is 0 Å². The van der Waals surface area contributed by atoms with Crippen LogP contribution < -0.4 is 4.90 Å². The lowest BCUT2D eigenvalue weighted by atomic mass is 9.78. The molecule has 156 valence electrons. The van der Waals surface area contributed by atoms with Crippen LogP contribution in [0.25, 0.3) is 0 Å². The van der Waals surface area contributed by atoms with Gasteiger partial charge in [0, 0.05) is 22.4 Å². The number of halogens is 3. The van der Waals surface area contributed by atoms with Crippen LogP contribution in [0.3, 0.4) is 0 Å². The third-order valence-electron chi connectivity index (χ3n) is 6.12. The number of nitrogens with one attached hydrogen (secondary N) is 1. The van der Waals surface area contributed by atoms with Gasteiger partial charge in [-0.3, -0.25) is 14.8 Å². The highest BCUT2D eigenvalue weighted by atomic mass is 19.4. The van der Waals surface area contributed by atoms with E-state index in [9.17, 15) is 18.0 Å². The molecule has 0 bridgehead atoms. The Morgan fingerprint density at radius 1 is 1.03 bits per heavy atom. The smallest absolute Gasteiger partial charge is 0.299 e. The van der Waals surface area contributed by atoms with Crippen LogP contribution in [-0.2, 0) is 11.6 Å². The average molecular weight is 405 g/mol. The Hall–Kier alpha value is -2.31. The second kappa shape index (κ2) is 6.89. The molecule has 1 atom stereocenters. The lowest BCUT2D eigenvalue weighted by Gasteiger charge is -2.36. The molecular weight excluding hydrogens is 379 g/mol. The molecule has 1 aliphatic carbocycles. The summed E-state index contributed by atoms with van der Waals surface area (Å²) < 4.78 is 39.0. The van der Waals surface area contributed by atoms with Crippen LogP contribution in [0.4, 0.5) is 18.9 Å². The molecule has 29 heavy (non-hydrogen) atoms. The lowest BCUT2D eigenvalue weighted by molar-refractivity contribution is -0.137. The van der Waals surface area contributed by atoms with Crippen LogP contribution in [0.1, 0.15) is 86.2 Å². The normalized spacial score (nSPS) is 21.0. The van der Waals surface area contributed by atoms with Gasteiger partial charge in [-0.05, 0) is 43.0 Å². The summed E-state index contributed by atoms with van der Waals surface area (Å²) >= 11 is 0. The van der Waals surface area contributed by atoms with Crippen LogP contribution in [-0.4, -0.2) is 16.1 Å². The maximum absolute atomic E-state index is 13.3. The zero-order valence-corrected chi connectivity index (χ0v) is 16.9. The first-order valence-electron chi connectivity index (χ1n) is 10.2. The van der Waals surface area contributed by atoms with E-state index in [1.165, 1.54) is 18.6 Å². The maximum atomic E-state index is 13.3. The van der Waals surface area contributed by atoms with Crippen molar-refractivity contribution in [2.75, 3.05) is 4.90 Å². The van der Waals surface area contributed by atoms with E-state index < -0.39 is 11.7 Å². The van der Waals surface area contributed by atoms with E-state index in [0.717, 1.165) is 49.1 Å². The number of hydrogen-bond acceptors (Lipinski definition) is 2. The standard InChI is InChI=1S/C22H26F3N3O/c1-21(2,3)19-16-17(26-27-19)20(29)28(18(16)13-7-5-4-6-8-13)15-11-9-14(10-12-15)22(23,24)25/h9-13,18H,4-8H2,1-3H3,(H,26,27). The van der Waals surface area contributed by atoms with Crippen LogP contribution in [0.5, 0.6) is 0 Å². The number of H-pyrrole nitrogens is 1. The number of benzene rings is 1. The molecule has 1 amide bonds. The first-order valence-corrected chi connectivity index (χ1v) is 10.2. The fourth-order valence-electron chi connectivity index (χ4n) is 4.73. The predicted molar refractivity (Wildman–Crippen MR) is 105 cm³/mol. The highest BCUT2D eigenvalue weighted by Gasteiger charge is 2.47. The molecule has 1 unspecified atom stereocenters. The summed E-state index contributed by atoms with van der Waals surface area (Å²) in [5.74, 6) is 0.0389. The number of nitrogens with zero attached hydrogens (tertiary/aromatic N) is 2. The molecule has 1 aliphatic heterocycles. The number of rotatable bonds is 2. The number of hydrogen-bond donors (Lipinski definition) is 1. The summed E-state index contributed by atoms with van der Waals surface area (Å²) in [7, 11) is 0. The molecule has 1 saturated carbocycles. The third-order valence-corrected chi connectivity index (χ3v) is 6.12. The van der Waals surface area contributed by atoms with Crippen molar-refractivity contribution in [1.29, 1.82) is 0 Å². The molecule has 2 heterocycles. The van der Waals surface area contributed by atoms with Gasteiger partial charge in [-0.1, -0.05) is 40.0 Å². The fourth-order valence-corrected chi connectivity index (χ4v) is 4.73. The van der Waals surface area contributed by atoms with E-state index in [2.05, 4.69) is 31.0 Å². The third kappa shape index (κ3) is 3.45. The molecule has 1 aromatic carbocycles. The largest absolute Gasteiger partial charge is 0.416 e. The van der Waals surface area contributed by atoms with Gasteiger partial charge in [-0.15, -0.1) is 0 Å². The molecular formula is C22H26F3N3O. The Kier molecular flexibility index (Phi) is 4.74. The number of carbonyl (C=O) groups is 1. The Balaban J connectivity index is 1.80. The van der Waals surface area contributed by atoms with Crippen molar-refractivity contribution >= 4 is 11.6 Å². The van der Waals surface area contributed by atoms with E-state index in [1.807, 2.05) is 0 Å². The Morgan fingerprint density at radius 3 is 2.21 bits per heavy atom. The Bertz CT molecular complexity index is 903. The van der Waals surface area contributed by atoms with Gasteiger partial charge in [0.15, 0.2) is 5.69 Å². The number of aromatic amines is 1. The van der Waals surface area contributed by atoms with Gasteiger partial charge in [-0.2, -0.15) is 18.3 Å². The van der Waals surface area contributed by atoms with E-state index in [-0.39, 0.29) is 23.3 Å². The monoisotopic (exact) mass is 405 g/mol. The molecule has 0 spiro atoms. The molecule has 0 radical (unpaired) electrons. The molecule has 7 heteroatoms. The van der Waals surface area contributed by atoms with Gasteiger partial charge in [0.1, 0.15) is 0 Å². The minimum atomic E-state index is -4.40. The number of alkyl halides is 3. The fraction of sp³-hybridized carbons (Fsp3) is 0.545. The average Bonchev–Trinajstić information content (AvgIpc) is 3.21. The van der Waals surface area contributed by atoms with E-state index >= 15 is 0 Å².